The number of benzene rings is 5. The number of hydrogen-bond donors (Lipinski definition) is 0. The van der Waals surface area contributed by atoms with Gasteiger partial charge in [0.05, 0.1) is 11.0 Å². The summed E-state index contributed by atoms with van der Waals surface area (Å²) in [4.78, 5) is 15.6. The quantitative estimate of drug-likeness (QED) is 0.155. The van der Waals surface area contributed by atoms with Gasteiger partial charge in [-0.25, -0.2) is 15.0 Å². The van der Waals surface area contributed by atoms with E-state index < -0.39 is 0 Å². The Hall–Kier alpha value is -6.91. The van der Waals surface area contributed by atoms with Crippen LogP contribution >= 0.6 is 0 Å². The fraction of sp³-hybridized carbons (Fsp3) is 0.0784. The maximum absolute atomic E-state index is 5.26. The SMILES string of the molecule is C/C=C\C=C/c1ccc2c3ccccc3n(-c3ccc(-c4ccc5ccccc5c4-c4nc(C5=CC=CCC=C5)nc(C5=CCC=C(C)C=C5)n4)cc3)c2c1. The summed E-state index contributed by atoms with van der Waals surface area (Å²) in [5, 5.41) is 4.71. The molecule has 0 spiro atoms. The van der Waals surface area contributed by atoms with Crippen molar-refractivity contribution in [1.82, 2.24) is 19.5 Å². The Bertz CT molecular complexity index is 2870. The average Bonchev–Trinajstić information content (AvgIpc) is 3.42. The van der Waals surface area contributed by atoms with Crippen LogP contribution in [0.2, 0.25) is 0 Å². The highest BCUT2D eigenvalue weighted by molar-refractivity contribution is 6.10. The molecule has 0 unspecified atom stereocenters. The zero-order chi connectivity index (χ0) is 37.1. The number of para-hydroxylation sites is 1. The lowest BCUT2D eigenvalue weighted by atomic mass is 9.93. The van der Waals surface area contributed by atoms with Crippen LogP contribution in [0.3, 0.4) is 0 Å². The van der Waals surface area contributed by atoms with Crippen LogP contribution < -0.4 is 0 Å². The minimum absolute atomic E-state index is 0.655. The molecule has 0 bridgehead atoms. The fourth-order valence-corrected chi connectivity index (χ4v) is 7.56. The molecule has 55 heavy (non-hydrogen) atoms. The fourth-order valence-electron chi connectivity index (χ4n) is 7.56. The van der Waals surface area contributed by atoms with E-state index in [4.69, 9.17) is 15.0 Å². The van der Waals surface area contributed by atoms with E-state index >= 15 is 0 Å². The van der Waals surface area contributed by atoms with E-state index in [1.165, 1.54) is 27.4 Å². The van der Waals surface area contributed by atoms with Crippen molar-refractivity contribution < 1.29 is 0 Å². The minimum atomic E-state index is 0.655. The monoisotopic (exact) mass is 708 g/mol. The standard InChI is InChI=1S/C51H40N4/c1-3-4-7-16-36-25-32-45-44-22-12-13-23-46(44)55(47(45)34-36)41-30-27-38(28-31-41)43-33-29-37-17-10-11-21-42(37)48(43)51-53-49(39-18-8-5-6-9-19-39)52-50(54-51)40-20-14-15-35(2)24-26-40/h3-5,7-13,15-34H,6,14H2,1-2H3/b4-3-,16-7-. The first-order valence-electron chi connectivity index (χ1n) is 19.0. The van der Waals surface area contributed by atoms with E-state index in [9.17, 15) is 0 Å². The molecule has 0 fully saturated rings. The summed E-state index contributed by atoms with van der Waals surface area (Å²) in [6, 6.07) is 37.2. The van der Waals surface area contributed by atoms with Crippen molar-refractivity contribution in [2.45, 2.75) is 26.7 Å². The van der Waals surface area contributed by atoms with Crippen LogP contribution in [0.25, 0.3) is 78.0 Å². The second-order valence-corrected chi connectivity index (χ2v) is 13.9. The smallest absolute Gasteiger partial charge is 0.165 e. The minimum Gasteiger partial charge on any atom is -0.309 e. The van der Waals surface area contributed by atoms with Gasteiger partial charge in [0, 0.05) is 33.2 Å². The van der Waals surface area contributed by atoms with E-state index in [1.807, 2.05) is 13.0 Å². The van der Waals surface area contributed by atoms with Gasteiger partial charge in [-0.3, -0.25) is 0 Å². The molecule has 5 aromatic carbocycles. The van der Waals surface area contributed by atoms with Gasteiger partial charge in [0.1, 0.15) is 0 Å². The first kappa shape index (κ1) is 33.9. The molecule has 0 N–H and O–H groups in total. The molecule has 2 aromatic heterocycles. The zero-order valence-corrected chi connectivity index (χ0v) is 31.0. The molecule has 2 aliphatic carbocycles. The molecule has 2 aliphatic rings. The van der Waals surface area contributed by atoms with Crippen LogP contribution in [0, 0.1) is 0 Å². The Morgan fingerprint density at radius 3 is 2.27 bits per heavy atom. The summed E-state index contributed by atoms with van der Waals surface area (Å²) in [7, 11) is 0. The van der Waals surface area contributed by atoms with Gasteiger partial charge in [-0.1, -0.05) is 163 Å². The maximum Gasteiger partial charge on any atom is 0.165 e. The third kappa shape index (κ3) is 6.64. The molecule has 4 heteroatoms. The lowest BCUT2D eigenvalue weighted by Crippen LogP contribution is -2.05. The molecular formula is C51H40N4. The highest BCUT2D eigenvalue weighted by Crippen LogP contribution is 2.39. The molecule has 4 nitrogen and oxygen atoms in total. The van der Waals surface area contributed by atoms with Crippen LogP contribution in [-0.2, 0) is 0 Å². The lowest BCUT2D eigenvalue weighted by molar-refractivity contribution is 1.00. The molecule has 2 heterocycles. The zero-order valence-electron chi connectivity index (χ0n) is 31.0. The summed E-state index contributed by atoms with van der Waals surface area (Å²) in [5.74, 6) is 1.98. The summed E-state index contributed by atoms with van der Waals surface area (Å²) in [5.41, 5.74) is 11.0. The Morgan fingerprint density at radius 1 is 0.618 bits per heavy atom. The lowest BCUT2D eigenvalue weighted by Gasteiger charge is -2.16. The van der Waals surface area contributed by atoms with Gasteiger partial charge in [0.15, 0.2) is 17.5 Å². The molecule has 0 aliphatic heterocycles. The molecular weight excluding hydrogens is 669 g/mol. The van der Waals surface area contributed by atoms with Crippen LogP contribution in [0.1, 0.15) is 43.9 Å². The molecule has 264 valence electrons. The molecule has 0 amide bonds. The van der Waals surface area contributed by atoms with Crippen molar-refractivity contribution in [3.05, 3.63) is 199 Å². The average molecular weight is 709 g/mol. The van der Waals surface area contributed by atoms with Crippen LogP contribution in [-0.4, -0.2) is 19.5 Å². The number of fused-ring (bicyclic) bond motifs is 4. The summed E-state index contributed by atoms with van der Waals surface area (Å²) < 4.78 is 2.38. The van der Waals surface area contributed by atoms with Crippen molar-refractivity contribution in [2.75, 3.05) is 0 Å². The Morgan fingerprint density at radius 2 is 1.40 bits per heavy atom. The molecule has 0 saturated heterocycles. The third-order valence-electron chi connectivity index (χ3n) is 10.3. The first-order chi connectivity index (χ1) is 27.1. The normalized spacial score (nSPS) is 14.5. The van der Waals surface area contributed by atoms with Gasteiger partial charge in [-0.15, -0.1) is 0 Å². The number of hydrogen-bond acceptors (Lipinski definition) is 3. The molecule has 7 aromatic rings. The third-order valence-corrected chi connectivity index (χ3v) is 10.3. The van der Waals surface area contributed by atoms with Gasteiger partial charge in [-0.2, -0.15) is 0 Å². The highest BCUT2D eigenvalue weighted by Gasteiger charge is 2.20. The van der Waals surface area contributed by atoms with E-state index in [1.54, 1.807) is 0 Å². The van der Waals surface area contributed by atoms with E-state index in [-0.39, 0.29) is 0 Å². The predicted molar refractivity (Wildman–Crippen MR) is 233 cm³/mol. The summed E-state index contributed by atoms with van der Waals surface area (Å²) in [6.45, 7) is 4.16. The summed E-state index contributed by atoms with van der Waals surface area (Å²) >= 11 is 0. The number of nitrogens with zero attached hydrogens (tertiary/aromatic N) is 4. The number of allylic oxidation sites excluding steroid dienone is 15. The molecule has 0 atom stereocenters. The second-order valence-electron chi connectivity index (χ2n) is 13.9. The topological polar surface area (TPSA) is 43.6 Å². The largest absolute Gasteiger partial charge is 0.309 e. The van der Waals surface area contributed by atoms with Crippen molar-refractivity contribution in [2.24, 2.45) is 0 Å². The van der Waals surface area contributed by atoms with Crippen LogP contribution in [0.5, 0.6) is 0 Å². The van der Waals surface area contributed by atoms with Crippen LogP contribution in [0.15, 0.2) is 182 Å². The van der Waals surface area contributed by atoms with Gasteiger partial charge >= 0.3 is 0 Å². The van der Waals surface area contributed by atoms with Gasteiger partial charge in [0.2, 0.25) is 0 Å². The molecule has 0 saturated carbocycles. The second kappa shape index (κ2) is 14.8. The van der Waals surface area contributed by atoms with Gasteiger partial charge < -0.3 is 4.57 Å². The van der Waals surface area contributed by atoms with Crippen molar-refractivity contribution >= 4 is 49.8 Å². The Kier molecular flexibility index (Phi) is 9.15. The van der Waals surface area contributed by atoms with E-state index in [2.05, 4.69) is 188 Å². The molecule has 9 rings (SSSR count). The van der Waals surface area contributed by atoms with E-state index in [0.29, 0.717) is 17.5 Å². The van der Waals surface area contributed by atoms with E-state index in [0.717, 1.165) is 62.7 Å². The van der Waals surface area contributed by atoms with Crippen molar-refractivity contribution in [3.8, 4) is 28.2 Å². The highest BCUT2D eigenvalue weighted by atomic mass is 15.0. The predicted octanol–water partition coefficient (Wildman–Crippen LogP) is 13.2. The molecule has 0 radical (unpaired) electrons. The Balaban J connectivity index is 1.22. The first-order valence-corrected chi connectivity index (χ1v) is 19.0. The van der Waals surface area contributed by atoms with Crippen molar-refractivity contribution in [3.63, 3.8) is 0 Å². The van der Waals surface area contributed by atoms with Gasteiger partial charge in [0.25, 0.3) is 0 Å². The van der Waals surface area contributed by atoms with Gasteiger partial charge in [-0.05, 0) is 78.4 Å². The maximum atomic E-state index is 5.26. The summed E-state index contributed by atoms with van der Waals surface area (Å²) in [6.07, 6.45) is 29.3. The number of aromatic nitrogens is 4. The number of rotatable bonds is 7. The van der Waals surface area contributed by atoms with Crippen molar-refractivity contribution in [1.29, 1.82) is 0 Å². The van der Waals surface area contributed by atoms with Crippen LogP contribution in [0.4, 0.5) is 0 Å². The Labute approximate surface area is 321 Å².